The molecule has 0 saturated carbocycles. The van der Waals surface area contributed by atoms with E-state index in [1.165, 1.54) is 51.4 Å². The molecule has 6 aliphatic rings. The SMILES string of the molecule is C1CCC2=C(C1)SC(=C1SC3=C(S1)SC(=C1SC4=C(CCCC4)S1)S3)S2. The lowest BCUT2D eigenvalue weighted by molar-refractivity contribution is 0.718. The van der Waals surface area contributed by atoms with Crippen LogP contribution in [0.1, 0.15) is 51.4 Å². The summed E-state index contributed by atoms with van der Waals surface area (Å²) in [6.45, 7) is 0. The van der Waals surface area contributed by atoms with E-state index in [-0.39, 0.29) is 0 Å². The van der Waals surface area contributed by atoms with E-state index in [0.29, 0.717) is 0 Å². The zero-order valence-electron chi connectivity index (χ0n) is 13.9. The van der Waals surface area contributed by atoms with Gasteiger partial charge in [-0.2, -0.15) is 0 Å². The first-order valence-corrected chi connectivity index (χ1v) is 15.5. The summed E-state index contributed by atoms with van der Waals surface area (Å²) in [5.74, 6) is 0. The van der Waals surface area contributed by atoms with E-state index in [1.807, 2.05) is 47.0 Å². The minimum atomic E-state index is 1.32. The molecule has 0 aromatic heterocycles. The summed E-state index contributed by atoms with van der Waals surface area (Å²) in [4.78, 5) is 6.71. The molecule has 6 rings (SSSR count). The van der Waals surface area contributed by atoms with Gasteiger partial charge in [0, 0.05) is 19.6 Å². The number of hydrogen-bond donors (Lipinski definition) is 0. The Labute approximate surface area is 188 Å². The van der Waals surface area contributed by atoms with E-state index in [9.17, 15) is 0 Å². The molecule has 2 aliphatic carbocycles. The Kier molecular flexibility index (Phi) is 5.37. The smallest absolute Gasteiger partial charge is 0.0718 e. The Hall–Kier alpha value is 1.50. The topological polar surface area (TPSA) is 0 Å². The Bertz CT molecular complexity index is 726. The normalized spacial score (nSPS) is 28.6. The van der Waals surface area contributed by atoms with Crippen LogP contribution in [-0.4, -0.2) is 0 Å². The summed E-state index contributed by atoms with van der Waals surface area (Å²) in [5.41, 5.74) is 0. The number of hydrogen-bond acceptors (Lipinski definition) is 8. The fourth-order valence-corrected chi connectivity index (χ4v) is 16.3. The highest BCUT2D eigenvalue weighted by molar-refractivity contribution is 8.49. The van der Waals surface area contributed by atoms with Gasteiger partial charge in [0.2, 0.25) is 0 Å². The predicted molar refractivity (Wildman–Crippen MR) is 133 cm³/mol. The van der Waals surface area contributed by atoms with Gasteiger partial charge in [-0.3, -0.25) is 0 Å². The van der Waals surface area contributed by atoms with E-state index in [0.717, 1.165) is 0 Å². The van der Waals surface area contributed by atoms with Crippen molar-refractivity contribution in [2.45, 2.75) is 51.4 Å². The van der Waals surface area contributed by atoms with Gasteiger partial charge in [-0.15, -0.1) is 0 Å². The maximum atomic E-state index is 2.08. The van der Waals surface area contributed by atoms with Gasteiger partial charge in [-0.1, -0.05) is 94.1 Å². The van der Waals surface area contributed by atoms with Crippen molar-refractivity contribution in [2.75, 3.05) is 0 Å². The molecular weight excluding hydrogens is 473 g/mol. The van der Waals surface area contributed by atoms with Gasteiger partial charge >= 0.3 is 0 Å². The molecule has 0 aromatic rings. The second kappa shape index (κ2) is 7.64. The van der Waals surface area contributed by atoms with E-state index in [4.69, 9.17) is 0 Å². The van der Waals surface area contributed by atoms with Crippen molar-refractivity contribution in [1.29, 1.82) is 0 Å². The molecule has 0 saturated heterocycles. The van der Waals surface area contributed by atoms with Crippen LogP contribution in [-0.2, 0) is 0 Å². The van der Waals surface area contributed by atoms with Gasteiger partial charge in [0.15, 0.2) is 0 Å². The third kappa shape index (κ3) is 3.36. The zero-order chi connectivity index (χ0) is 17.1. The quantitative estimate of drug-likeness (QED) is 0.326. The van der Waals surface area contributed by atoms with E-state index >= 15 is 0 Å². The van der Waals surface area contributed by atoms with Crippen LogP contribution >= 0.6 is 94.1 Å². The van der Waals surface area contributed by atoms with Crippen molar-refractivity contribution in [2.24, 2.45) is 0 Å². The highest BCUT2D eigenvalue weighted by Crippen LogP contribution is 2.72. The Balaban J connectivity index is 1.15. The molecule has 0 aromatic carbocycles. The monoisotopic (exact) mass is 488 g/mol. The first-order chi connectivity index (χ1) is 12.8. The van der Waals surface area contributed by atoms with Gasteiger partial charge in [0.25, 0.3) is 0 Å². The molecule has 4 heterocycles. The van der Waals surface area contributed by atoms with E-state index in [2.05, 4.69) is 47.0 Å². The summed E-state index contributed by atoms with van der Waals surface area (Å²) < 4.78 is 9.32. The molecule has 26 heavy (non-hydrogen) atoms. The minimum absolute atomic E-state index is 1.32. The molecule has 0 unspecified atom stereocenters. The van der Waals surface area contributed by atoms with Gasteiger partial charge in [0.1, 0.15) is 0 Å². The molecular formula is C18H16S8. The summed E-state index contributed by atoms with van der Waals surface area (Å²) in [6, 6.07) is 0. The fourth-order valence-electron chi connectivity index (χ4n) is 3.54. The second-order valence-electron chi connectivity index (χ2n) is 6.65. The van der Waals surface area contributed by atoms with Gasteiger partial charge < -0.3 is 0 Å². The van der Waals surface area contributed by atoms with Crippen molar-refractivity contribution >= 4 is 94.1 Å². The highest BCUT2D eigenvalue weighted by Gasteiger charge is 2.37. The molecule has 0 amide bonds. The average molecular weight is 489 g/mol. The molecule has 0 fully saturated rings. The molecule has 0 N–H and O–H groups in total. The lowest BCUT2D eigenvalue weighted by atomic mass is 10.1. The molecule has 0 nitrogen and oxygen atoms in total. The molecule has 0 radical (unpaired) electrons. The summed E-state index contributed by atoms with van der Waals surface area (Å²) in [5, 5.41) is 0. The van der Waals surface area contributed by atoms with Crippen LogP contribution < -0.4 is 0 Å². The summed E-state index contributed by atoms with van der Waals surface area (Å²) in [7, 11) is 0. The van der Waals surface area contributed by atoms with Crippen molar-refractivity contribution < 1.29 is 0 Å². The number of allylic oxidation sites excluding steroid dienone is 4. The zero-order valence-corrected chi connectivity index (χ0v) is 20.5. The van der Waals surface area contributed by atoms with Crippen LogP contribution in [0.4, 0.5) is 0 Å². The van der Waals surface area contributed by atoms with Crippen molar-refractivity contribution in [1.82, 2.24) is 0 Å². The van der Waals surface area contributed by atoms with Crippen LogP contribution in [0.15, 0.2) is 45.0 Å². The maximum Gasteiger partial charge on any atom is 0.0718 e. The van der Waals surface area contributed by atoms with Crippen molar-refractivity contribution in [3.05, 3.63) is 45.0 Å². The van der Waals surface area contributed by atoms with Gasteiger partial charge in [0.05, 0.1) is 25.4 Å². The summed E-state index contributed by atoms with van der Waals surface area (Å²) in [6.07, 6.45) is 10.8. The van der Waals surface area contributed by atoms with Crippen LogP contribution in [0, 0.1) is 0 Å². The molecule has 4 aliphatic heterocycles. The fraction of sp³-hybridized carbons (Fsp3) is 0.444. The lowest BCUT2D eigenvalue weighted by Crippen LogP contribution is -1.89. The Morgan fingerprint density at radius 2 is 0.538 bits per heavy atom. The van der Waals surface area contributed by atoms with Crippen molar-refractivity contribution in [3.63, 3.8) is 0 Å². The third-order valence-corrected chi connectivity index (χ3v) is 17.1. The third-order valence-electron chi connectivity index (χ3n) is 4.84. The van der Waals surface area contributed by atoms with Crippen LogP contribution in [0.25, 0.3) is 0 Å². The molecule has 136 valence electrons. The minimum Gasteiger partial charge on any atom is -0.0846 e. The second-order valence-corrected chi connectivity index (χ2v) is 16.7. The van der Waals surface area contributed by atoms with E-state index < -0.39 is 0 Å². The van der Waals surface area contributed by atoms with Gasteiger partial charge in [-0.25, -0.2) is 0 Å². The van der Waals surface area contributed by atoms with Crippen LogP contribution in [0.2, 0.25) is 0 Å². The van der Waals surface area contributed by atoms with E-state index in [1.54, 1.807) is 45.0 Å². The van der Waals surface area contributed by atoms with Gasteiger partial charge in [-0.05, 0) is 51.4 Å². The average Bonchev–Trinajstić information content (AvgIpc) is 3.40. The van der Waals surface area contributed by atoms with Crippen molar-refractivity contribution in [3.8, 4) is 0 Å². The first-order valence-electron chi connectivity index (χ1n) is 8.93. The number of rotatable bonds is 0. The number of thioether (sulfide) groups is 8. The molecule has 0 bridgehead atoms. The van der Waals surface area contributed by atoms with Crippen LogP contribution in [0.3, 0.4) is 0 Å². The summed E-state index contributed by atoms with van der Waals surface area (Å²) >= 11 is 16.5. The molecule has 8 heteroatoms. The Morgan fingerprint density at radius 3 is 0.808 bits per heavy atom. The first kappa shape index (κ1) is 18.3. The Morgan fingerprint density at radius 1 is 0.308 bits per heavy atom. The molecule has 0 spiro atoms. The van der Waals surface area contributed by atoms with Crippen LogP contribution in [0.5, 0.6) is 0 Å². The lowest BCUT2D eigenvalue weighted by Gasteiger charge is -2.09. The highest BCUT2D eigenvalue weighted by atomic mass is 32.3. The molecule has 0 atom stereocenters. The predicted octanol–water partition coefficient (Wildman–Crippen LogP) is 9.86. The largest absolute Gasteiger partial charge is 0.0846 e. The standard InChI is InChI=1S/C18H16S8/c1-2-6-10-9(5-1)19-13(20-10)15-23-17-18(24-15)26-16(25-17)14-21-11-7-3-4-8-12(11)22-14/h1-8H2. The maximum absolute atomic E-state index is 2.08.